The molecule has 0 aliphatic carbocycles. The van der Waals surface area contributed by atoms with Crippen LogP contribution in [0.4, 0.5) is 5.69 Å². The maximum atomic E-state index is 11.6. The van der Waals surface area contributed by atoms with E-state index >= 15 is 0 Å². The van der Waals surface area contributed by atoms with Gasteiger partial charge in [0.15, 0.2) is 9.84 Å². The molecule has 112 valence electrons. The molecule has 0 aromatic heterocycles. The van der Waals surface area contributed by atoms with Gasteiger partial charge in [-0.2, -0.15) is 0 Å². The largest absolute Gasteiger partial charge is 0.382 e. The Labute approximate surface area is 119 Å². The summed E-state index contributed by atoms with van der Waals surface area (Å²) in [4.78, 5) is 11.8. The summed E-state index contributed by atoms with van der Waals surface area (Å²) in [5, 5.41) is 2.62. The first kappa shape index (κ1) is 16.6. The van der Waals surface area contributed by atoms with Gasteiger partial charge >= 0.3 is 0 Å². The number of methoxy groups -OCH3 is 1. The summed E-state index contributed by atoms with van der Waals surface area (Å²) in [5.74, 6) is -0.251. The normalized spacial score (nSPS) is 11.3. The second kappa shape index (κ2) is 7.98. The molecule has 1 aromatic carbocycles. The third kappa shape index (κ3) is 5.28. The van der Waals surface area contributed by atoms with Crippen LogP contribution in [0, 0.1) is 0 Å². The first-order chi connectivity index (χ1) is 9.49. The molecule has 1 aromatic rings. The molecule has 0 aliphatic rings. The molecule has 7 heteroatoms. The molecule has 20 heavy (non-hydrogen) atoms. The lowest BCUT2D eigenvalue weighted by Crippen LogP contribution is -2.19. The number of carbonyl (C=O) groups excluding carboxylic acids is 1. The molecule has 6 nitrogen and oxygen atoms in total. The van der Waals surface area contributed by atoms with Crippen LogP contribution in [0.1, 0.15) is 6.92 Å². The van der Waals surface area contributed by atoms with Crippen LogP contribution in [0.15, 0.2) is 29.2 Å². The fourth-order valence-electron chi connectivity index (χ4n) is 1.42. The van der Waals surface area contributed by atoms with Crippen molar-refractivity contribution in [3.8, 4) is 0 Å². The van der Waals surface area contributed by atoms with Crippen molar-refractivity contribution in [3.05, 3.63) is 24.3 Å². The van der Waals surface area contributed by atoms with E-state index in [0.717, 1.165) is 0 Å². The van der Waals surface area contributed by atoms with Gasteiger partial charge in [-0.3, -0.25) is 4.79 Å². The highest BCUT2D eigenvalue weighted by Gasteiger charge is 2.11. The Bertz CT molecular complexity index is 524. The molecule has 1 N–H and O–H groups in total. The molecule has 0 unspecified atom stereocenters. The van der Waals surface area contributed by atoms with Gasteiger partial charge in [-0.05, 0) is 24.3 Å². The number of carbonyl (C=O) groups is 1. The van der Waals surface area contributed by atoms with Crippen molar-refractivity contribution >= 4 is 21.4 Å². The average molecular weight is 301 g/mol. The van der Waals surface area contributed by atoms with Gasteiger partial charge in [0.2, 0.25) is 5.91 Å². The second-order valence-electron chi connectivity index (χ2n) is 4.02. The monoisotopic (exact) mass is 301 g/mol. The molecule has 0 heterocycles. The fraction of sp³-hybridized carbons (Fsp3) is 0.462. The van der Waals surface area contributed by atoms with Gasteiger partial charge in [0, 0.05) is 12.8 Å². The fourth-order valence-corrected chi connectivity index (χ4v) is 2.30. The quantitative estimate of drug-likeness (QED) is 0.727. The summed E-state index contributed by atoms with van der Waals surface area (Å²) >= 11 is 0. The molecule has 1 amide bonds. The van der Waals surface area contributed by atoms with Gasteiger partial charge < -0.3 is 14.8 Å². The predicted octanol–water partition coefficient (Wildman–Crippen LogP) is 1.08. The number of hydrogen-bond donors (Lipinski definition) is 1. The first-order valence-electron chi connectivity index (χ1n) is 6.19. The minimum atomic E-state index is -3.22. The highest BCUT2D eigenvalue weighted by Crippen LogP contribution is 2.15. The summed E-state index contributed by atoms with van der Waals surface area (Å²) in [6, 6.07) is 6.05. The van der Waals surface area contributed by atoms with Gasteiger partial charge in [-0.25, -0.2) is 8.42 Å². The number of rotatable bonds is 8. The lowest BCUT2D eigenvalue weighted by Gasteiger charge is -2.07. The smallest absolute Gasteiger partial charge is 0.250 e. The van der Waals surface area contributed by atoms with E-state index in [1.54, 1.807) is 26.2 Å². The van der Waals surface area contributed by atoms with Gasteiger partial charge in [0.1, 0.15) is 6.61 Å². The maximum Gasteiger partial charge on any atom is 0.250 e. The Balaban J connectivity index is 2.51. The van der Waals surface area contributed by atoms with Crippen LogP contribution >= 0.6 is 0 Å². The number of sulfone groups is 1. The summed E-state index contributed by atoms with van der Waals surface area (Å²) in [7, 11) is -1.66. The number of amides is 1. The zero-order valence-corrected chi connectivity index (χ0v) is 12.4. The summed E-state index contributed by atoms with van der Waals surface area (Å²) in [6.45, 7) is 2.29. The van der Waals surface area contributed by atoms with Gasteiger partial charge in [0.05, 0.1) is 23.9 Å². The van der Waals surface area contributed by atoms with Crippen molar-refractivity contribution < 1.29 is 22.7 Å². The van der Waals surface area contributed by atoms with E-state index < -0.39 is 9.84 Å². The van der Waals surface area contributed by atoms with E-state index in [2.05, 4.69) is 5.32 Å². The molecule has 0 bridgehead atoms. The maximum absolute atomic E-state index is 11.6. The van der Waals surface area contributed by atoms with E-state index in [9.17, 15) is 13.2 Å². The van der Waals surface area contributed by atoms with Crippen molar-refractivity contribution in [2.24, 2.45) is 0 Å². The zero-order chi connectivity index (χ0) is 15.0. The van der Waals surface area contributed by atoms with E-state index in [0.29, 0.717) is 18.9 Å². The predicted molar refractivity (Wildman–Crippen MR) is 75.5 cm³/mol. The SMILES string of the molecule is CCS(=O)(=O)c1ccc(NC(=O)COCCOC)cc1. The van der Waals surface area contributed by atoms with Crippen LogP contribution in [-0.2, 0) is 24.1 Å². The topological polar surface area (TPSA) is 81.7 Å². The summed E-state index contributed by atoms with van der Waals surface area (Å²) in [5.41, 5.74) is 0.528. The lowest BCUT2D eigenvalue weighted by atomic mass is 10.3. The third-order valence-corrected chi connectivity index (χ3v) is 4.29. The standard InChI is InChI=1S/C13H19NO5S/c1-3-20(16,17)12-6-4-11(5-7-12)14-13(15)10-19-9-8-18-2/h4-7H,3,8-10H2,1-2H3,(H,14,15). The average Bonchev–Trinajstić information content (AvgIpc) is 2.44. The van der Waals surface area contributed by atoms with Crippen LogP contribution in [0.2, 0.25) is 0 Å². The van der Waals surface area contributed by atoms with Crippen LogP contribution in [0.25, 0.3) is 0 Å². The number of ether oxygens (including phenoxy) is 2. The summed E-state index contributed by atoms with van der Waals surface area (Å²) < 4.78 is 33.1. The highest BCUT2D eigenvalue weighted by atomic mass is 32.2. The molecule has 0 radical (unpaired) electrons. The van der Waals surface area contributed by atoms with E-state index in [1.807, 2.05) is 0 Å². The molecular formula is C13H19NO5S. The Hall–Kier alpha value is -1.44. The number of benzene rings is 1. The Morgan fingerprint density at radius 3 is 2.40 bits per heavy atom. The molecule has 1 rings (SSSR count). The summed E-state index contributed by atoms with van der Waals surface area (Å²) in [6.07, 6.45) is 0. The first-order valence-corrected chi connectivity index (χ1v) is 7.84. The van der Waals surface area contributed by atoms with Gasteiger partial charge in [0.25, 0.3) is 0 Å². The molecule has 0 fully saturated rings. The minimum Gasteiger partial charge on any atom is -0.382 e. The van der Waals surface area contributed by atoms with Crippen LogP contribution in [0.5, 0.6) is 0 Å². The second-order valence-corrected chi connectivity index (χ2v) is 6.30. The van der Waals surface area contributed by atoms with Crippen LogP contribution in [-0.4, -0.2) is 47.0 Å². The Kier molecular flexibility index (Phi) is 6.63. The van der Waals surface area contributed by atoms with Crippen LogP contribution in [0.3, 0.4) is 0 Å². The number of nitrogens with one attached hydrogen (secondary N) is 1. The number of hydrogen-bond acceptors (Lipinski definition) is 5. The Morgan fingerprint density at radius 1 is 1.20 bits per heavy atom. The molecular weight excluding hydrogens is 282 g/mol. The molecule has 0 saturated carbocycles. The van der Waals surface area contributed by atoms with Crippen LogP contribution < -0.4 is 5.32 Å². The van der Waals surface area contributed by atoms with E-state index in [1.165, 1.54) is 12.1 Å². The van der Waals surface area contributed by atoms with Gasteiger partial charge in [-0.15, -0.1) is 0 Å². The van der Waals surface area contributed by atoms with Crippen molar-refractivity contribution in [2.75, 3.05) is 38.0 Å². The minimum absolute atomic E-state index is 0.0477. The van der Waals surface area contributed by atoms with Crippen molar-refractivity contribution in [1.82, 2.24) is 0 Å². The highest BCUT2D eigenvalue weighted by molar-refractivity contribution is 7.91. The van der Waals surface area contributed by atoms with E-state index in [4.69, 9.17) is 9.47 Å². The van der Waals surface area contributed by atoms with Crippen molar-refractivity contribution in [2.45, 2.75) is 11.8 Å². The molecule has 0 spiro atoms. The molecule has 0 aliphatic heterocycles. The van der Waals surface area contributed by atoms with E-state index in [-0.39, 0.29) is 23.2 Å². The Morgan fingerprint density at radius 2 is 1.85 bits per heavy atom. The third-order valence-electron chi connectivity index (χ3n) is 2.54. The number of anilines is 1. The molecule has 0 atom stereocenters. The van der Waals surface area contributed by atoms with Crippen molar-refractivity contribution in [1.29, 1.82) is 0 Å². The zero-order valence-electron chi connectivity index (χ0n) is 11.6. The van der Waals surface area contributed by atoms with Gasteiger partial charge in [-0.1, -0.05) is 6.92 Å². The lowest BCUT2D eigenvalue weighted by molar-refractivity contribution is -0.121. The van der Waals surface area contributed by atoms with Crippen molar-refractivity contribution in [3.63, 3.8) is 0 Å². The molecule has 0 saturated heterocycles.